The van der Waals surface area contributed by atoms with Crippen molar-refractivity contribution in [2.75, 3.05) is 29.6 Å². The van der Waals surface area contributed by atoms with Gasteiger partial charge in [-0.3, -0.25) is 9.36 Å². The van der Waals surface area contributed by atoms with Gasteiger partial charge < -0.3 is 15.5 Å². The second-order valence-electron chi connectivity index (χ2n) is 8.31. The molecule has 3 aromatic carbocycles. The number of allylic oxidation sites excluding steroid dienone is 1. The van der Waals surface area contributed by atoms with E-state index in [1.165, 1.54) is 0 Å². The lowest BCUT2D eigenvalue weighted by Gasteiger charge is -2.31. The fourth-order valence-corrected chi connectivity index (χ4v) is 4.39. The maximum atomic E-state index is 13.6. The van der Waals surface area contributed by atoms with Gasteiger partial charge in [0.05, 0.1) is 22.6 Å². The molecule has 1 aromatic heterocycles. The van der Waals surface area contributed by atoms with Crippen LogP contribution >= 0.6 is 11.6 Å². The molecule has 2 heterocycles. The SMILES string of the molecule is CC1=C(C(=O)Nc2ccc(Cl)cc2)C(c2ccc(N(C)C)cc2)n2c(nc3ccccc32)N1. The molecule has 1 unspecified atom stereocenters. The third-order valence-corrected chi connectivity index (χ3v) is 6.15. The predicted molar refractivity (Wildman–Crippen MR) is 135 cm³/mol. The normalized spacial score (nSPS) is 15.2. The number of carbonyl (C=O) groups is 1. The van der Waals surface area contributed by atoms with E-state index in [2.05, 4.69) is 44.4 Å². The standard InChI is InChI=1S/C26H24ClN5O/c1-16-23(25(33)29-19-12-10-18(27)11-13-19)24(17-8-14-20(15-9-17)31(2)3)32-22-7-5-4-6-21(22)30-26(32)28-16/h4-15,24H,1-3H3,(H,28,30)(H,29,33). The number of hydrogen-bond acceptors (Lipinski definition) is 4. The number of aromatic nitrogens is 2. The molecule has 5 rings (SSSR count). The smallest absolute Gasteiger partial charge is 0.255 e. The molecular weight excluding hydrogens is 434 g/mol. The quantitative estimate of drug-likeness (QED) is 0.413. The van der Waals surface area contributed by atoms with Crippen LogP contribution < -0.4 is 15.5 Å². The lowest BCUT2D eigenvalue weighted by atomic mass is 9.94. The molecular formula is C26H24ClN5O. The number of halogens is 1. The topological polar surface area (TPSA) is 62.2 Å². The summed E-state index contributed by atoms with van der Waals surface area (Å²) in [6.45, 7) is 1.92. The Morgan fingerprint density at radius 2 is 1.73 bits per heavy atom. The van der Waals surface area contributed by atoms with Crippen LogP contribution in [0.2, 0.25) is 5.02 Å². The van der Waals surface area contributed by atoms with Gasteiger partial charge in [-0.25, -0.2) is 4.98 Å². The van der Waals surface area contributed by atoms with E-state index >= 15 is 0 Å². The first kappa shape index (κ1) is 21.1. The highest BCUT2D eigenvalue weighted by molar-refractivity contribution is 6.30. The van der Waals surface area contributed by atoms with Crippen LogP contribution in [0.1, 0.15) is 18.5 Å². The molecule has 33 heavy (non-hydrogen) atoms. The lowest BCUT2D eigenvalue weighted by Crippen LogP contribution is -2.31. The second kappa shape index (κ2) is 8.30. The number of para-hydroxylation sites is 2. The highest BCUT2D eigenvalue weighted by Crippen LogP contribution is 2.39. The van der Waals surface area contributed by atoms with Gasteiger partial charge in [-0.15, -0.1) is 0 Å². The summed E-state index contributed by atoms with van der Waals surface area (Å²) in [4.78, 5) is 20.4. The third kappa shape index (κ3) is 3.83. The van der Waals surface area contributed by atoms with Crippen molar-refractivity contribution in [2.24, 2.45) is 0 Å². The van der Waals surface area contributed by atoms with Crippen LogP contribution in [0.25, 0.3) is 11.0 Å². The van der Waals surface area contributed by atoms with Gasteiger partial charge in [-0.2, -0.15) is 0 Å². The third-order valence-electron chi connectivity index (χ3n) is 5.90. The number of benzene rings is 3. The van der Waals surface area contributed by atoms with Crippen molar-refractivity contribution in [1.82, 2.24) is 9.55 Å². The fraction of sp³-hybridized carbons (Fsp3) is 0.154. The number of hydrogen-bond donors (Lipinski definition) is 2. The van der Waals surface area contributed by atoms with Crippen molar-refractivity contribution >= 4 is 45.9 Å². The molecule has 6 nitrogen and oxygen atoms in total. The van der Waals surface area contributed by atoms with E-state index in [-0.39, 0.29) is 11.9 Å². The summed E-state index contributed by atoms with van der Waals surface area (Å²) < 4.78 is 2.10. The molecule has 7 heteroatoms. The first-order chi connectivity index (χ1) is 15.9. The second-order valence-corrected chi connectivity index (χ2v) is 8.74. The highest BCUT2D eigenvalue weighted by Gasteiger charge is 2.34. The number of nitrogens with one attached hydrogen (secondary N) is 2. The molecule has 0 spiro atoms. The maximum Gasteiger partial charge on any atom is 0.255 e. The molecule has 0 radical (unpaired) electrons. The zero-order valence-corrected chi connectivity index (χ0v) is 19.4. The van der Waals surface area contributed by atoms with Gasteiger partial charge >= 0.3 is 0 Å². The van der Waals surface area contributed by atoms with Crippen LogP contribution in [0, 0.1) is 0 Å². The number of rotatable bonds is 4. The Balaban J connectivity index is 1.64. The summed E-state index contributed by atoms with van der Waals surface area (Å²) in [5.41, 5.74) is 6.04. The van der Waals surface area contributed by atoms with E-state index in [0.29, 0.717) is 16.3 Å². The summed E-state index contributed by atoms with van der Waals surface area (Å²) in [5.74, 6) is 0.547. The van der Waals surface area contributed by atoms with Gasteiger partial charge in [-0.1, -0.05) is 35.9 Å². The molecule has 1 amide bonds. The van der Waals surface area contributed by atoms with Crippen LogP contribution in [-0.2, 0) is 4.79 Å². The molecule has 1 atom stereocenters. The predicted octanol–water partition coefficient (Wildman–Crippen LogP) is 5.68. The number of fused-ring (bicyclic) bond motifs is 3. The largest absolute Gasteiger partial charge is 0.378 e. The van der Waals surface area contributed by atoms with Gasteiger partial charge in [0.2, 0.25) is 5.95 Å². The van der Waals surface area contributed by atoms with E-state index in [0.717, 1.165) is 33.9 Å². The lowest BCUT2D eigenvalue weighted by molar-refractivity contribution is -0.113. The van der Waals surface area contributed by atoms with Crippen LogP contribution in [0.5, 0.6) is 0 Å². The fourth-order valence-electron chi connectivity index (χ4n) is 4.26. The summed E-state index contributed by atoms with van der Waals surface area (Å²) in [6, 6.07) is 23.0. The van der Waals surface area contributed by atoms with Crippen LogP contribution in [0.15, 0.2) is 84.1 Å². The summed E-state index contributed by atoms with van der Waals surface area (Å²) in [7, 11) is 4.02. The van der Waals surface area contributed by atoms with Gasteiger partial charge in [0, 0.05) is 36.2 Å². The number of nitrogens with zero attached hydrogens (tertiary/aromatic N) is 3. The van der Waals surface area contributed by atoms with Gasteiger partial charge in [0.25, 0.3) is 5.91 Å². The molecule has 1 aliphatic heterocycles. The average molecular weight is 458 g/mol. The Morgan fingerprint density at radius 3 is 2.42 bits per heavy atom. The molecule has 2 N–H and O–H groups in total. The summed E-state index contributed by atoms with van der Waals surface area (Å²) in [5, 5.41) is 7.00. The summed E-state index contributed by atoms with van der Waals surface area (Å²) >= 11 is 6.01. The maximum absolute atomic E-state index is 13.6. The van der Waals surface area contributed by atoms with E-state index in [1.807, 2.05) is 45.3 Å². The molecule has 4 aromatic rings. The minimum atomic E-state index is -0.336. The van der Waals surface area contributed by atoms with Crippen molar-refractivity contribution in [2.45, 2.75) is 13.0 Å². The first-order valence-electron chi connectivity index (χ1n) is 10.7. The van der Waals surface area contributed by atoms with E-state index < -0.39 is 0 Å². The zero-order chi connectivity index (χ0) is 23.1. The molecule has 0 fully saturated rings. The number of anilines is 3. The van der Waals surface area contributed by atoms with Crippen LogP contribution in [0.4, 0.5) is 17.3 Å². The molecule has 166 valence electrons. The van der Waals surface area contributed by atoms with E-state index in [1.54, 1.807) is 24.3 Å². The van der Waals surface area contributed by atoms with Gasteiger partial charge in [0.1, 0.15) is 0 Å². The first-order valence-corrected chi connectivity index (χ1v) is 11.1. The molecule has 0 bridgehead atoms. The van der Waals surface area contributed by atoms with E-state index in [4.69, 9.17) is 16.6 Å². The molecule has 1 aliphatic rings. The number of carbonyl (C=O) groups excluding carboxylic acids is 1. The van der Waals surface area contributed by atoms with Gasteiger partial charge in [-0.05, 0) is 61.0 Å². The van der Waals surface area contributed by atoms with Gasteiger partial charge in [0.15, 0.2) is 0 Å². The van der Waals surface area contributed by atoms with E-state index in [9.17, 15) is 4.79 Å². The Hall–Kier alpha value is -3.77. The van der Waals surface area contributed by atoms with Crippen molar-refractivity contribution in [3.8, 4) is 0 Å². The molecule has 0 saturated heterocycles. The van der Waals surface area contributed by atoms with Crippen LogP contribution in [0.3, 0.4) is 0 Å². The molecule has 0 saturated carbocycles. The highest BCUT2D eigenvalue weighted by atomic mass is 35.5. The van der Waals surface area contributed by atoms with Crippen molar-refractivity contribution in [3.63, 3.8) is 0 Å². The Kier molecular flexibility index (Phi) is 5.30. The zero-order valence-electron chi connectivity index (χ0n) is 18.6. The van der Waals surface area contributed by atoms with Crippen molar-refractivity contribution < 1.29 is 4.79 Å². The minimum absolute atomic E-state index is 0.174. The molecule has 0 aliphatic carbocycles. The Bertz CT molecular complexity index is 1370. The minimum Gasteiger partial charge on any atom is -0.378 e. The number of amides is 1. The Morgan fingerprint density at radius 1 is 1.03 bits per heavy atom. The number of imidazole rings is 1. The monoisotopic (exact) mass is 457 g/mol. The average Bonchev–Trinajstić information content (AvgIpc) is 3.17. The summed E-state index contributed by atoms with van der Waals surface area (Å²) in [6.07, 6.45) is 0. The van der Waals surface area contributed by atoms with Crippen molar-refractivity contribution in [3.05, 3.63) is 94.7 Å². The Labute approximate surface area is 197 Å². The van der Waals surface area contributed by atoms with Crippen LogP contribution in [-0.4, -0.2) is 29.6 Å². The van der Waals surface area contributed by atoms with Crippen molar-refractivity contribution in [1.29, 1.82) is 0 Å².